The van der Waals surface area contributed by atoms with Crippen LogP contribution in [0.1, 0.15) is 114 Å². The minimum Gasteiger partial charge on any atom is -0.394 e. The van der Waals surface area contributed by atoms with E-state index in [1.807, 2.05) is 13.8 Å². The van der Waals surface area contributed by atoms with Crippen molar-refractivity contribution in [2.45, 2.75) is 199 Å². The molecule has 55 heavy (non-hydrogen) atoms. The summed E-state index contributed by atoms with van der Waals surface area (Å²) in [6.45, 7) is 17.8. The standard InChI is InChI=1S/C42H72O13/c1-20(11-10-14-38(3,4)51)22-12-16-41(8)28(22)23(44)17-26-40(7)15-13-27(39(5,6)35(40)24(45)18-42(26,41)9)54-37-34(32(49)30(47)25(19-43)53-37)55-36-33(50)31(48)29(46)21(2)52-36/h11,21-37,43-51H,10,12-19H2,1-9H3/b20-11+/t21-,22?,23+,24-,25+,26?,27-,28?,29-,30+,31+,32-,33+,34+,35?,36+,37-,40+,41+,42+/m0/s1. The summed E-state index contributed by atoms with van der Waals surface area (Å²) in [7, 11) is 0. The monoisotopic (exact) mass is 784 g/mol. The Kier molecular flexibility index (Phi) is 12.2. The van der Waals surface area contributed by atoms with Crippen LogP contribution >= 0.6 is 0 Å². The van der Waals surface area contributed by atoms with E-state index in [9.17, 15) is 46.0 Å². The molecule has 4 saturated carbocycles. The molecule has 0 aromatic rings. The van der Waals surface area contributed by atoms with Gasteiger partial charge >= 0.3 is 0 Å². The first kappa shape index (κ1) is 43.8. The highest BCUT2D eigenvalue weighted by Crippen LogP contribution is 2.75. The number of hydrogen-bond acceptors (Lipinski definition) is 13. The number of allylic oxidation sites excluding steroid dienone is 2. The third kappa shape index (κ3) is 7.31. The van der Waals surface area contributed by atoms with Crippen molar-refractivity contribution in [2.75, 3.05) is 6.61 Å². The van der Waals surface area contributed by atoms with E-state index in [1.54, 1.807) is 0 Å². The number of aliphatic hydroxyl groups is 9. The lowest BCUT2D eigenvalue weighted by atomic mass is 9.34. The van der Waals surface area contributed by atoms with Gasteiger partial charge in [0.2, 0.25) is 0 Å². The van der Waals surface area contributed by atoms with Crippen molar-refractivity contribution in [3.63, 3.8) is 0 Å². The van der Waals surface area contributed by atoms with Gasteiger partial charge in [0.15, 0.2) is 12.6 Å². The van der Waals surface area contributed by atoms with Crippen LogP contribution in [0.25, 0.3) is 0 Å². The van der Waals surface area contributed by atoms with E-state index in [-0.39, 0.29) is 39.9 Å². The zero-order chi connectivity index (χ0) is 40.8. The van der Waals surface area contributed by atoms with Gasteiger partial charge in [-0.25, -0.2) is 0 Å². The van der Waals surface area contributed by atoms with Gasteiger partial charge in [-0.15, -0.1) is 0 Å². The highest BCUT2D eigenvalue weighted by molar-refractivity contribution is 5.24. The first-order valence-electron chi connectivity index (χ1n) is 20.8. The summed E-state index contributed by atoms with van der Waals surface area (Å²) in [5.41, 5.74) is -0.931. The van der Waals surface area contributed by atoms with Gasteiger partial charge in [0.25, 0.3) is 0 Å². The maximum atomic E-state index is 12.4. The number of fused-ring (bicyclic) bond motifs is 5. The predicted molar refractivity (Wildman–Crippen MR) is 201 cm³/mol. The van der Waals surface area contributed by atoms with E-state index in [1.165, 1.54) is 12.5 Å². The van der Waals surface area contributed by atoms with Crippen LogP contribution in [0, 0.1) is 45.3 Å². The quantitative estimate of drug-likeness (QED) is 0.121. The Morgan fingerprint density at radius 2 is 1.47 bits per heavy atom. The molecule has 6 rings (SSSR count). The van der Waals surface area contributed by atoms with Crippen molar-refractivity contribution >= 4 is 0 Å². The summed E-state index contributed by atoms with van der Waals surface area (Å²) in [6, 6.07) is 0. The van der Waals surface area contributed by atoms with Gasteiger partial charge in [-0.2, -0.15) is 0 Å². The SMILES string of the molecule is C/C(=C\CCC(C)(C)O)C1CC[C@]2(C)C1[C@H](O)CC1[C@@]3(C)CC[C@H](O[C@@H]4O[C@H](CO)[C@@H](O)[C@H](O)[C@H]4O[C@H]4O[C@@H](C)[C@H](O)[C@@H](O)[C@H]4O)C(C)(C)C3[C@@H](O)C[C@]12C. The molecule has 13 nitrogen and oxygen atoms in total. The minimum absolute atomic E-state index is 0.0628. The molecule has 13 heteroatoms. The molecule has 0 aromatic carbocycles. The molecule has 0 radical (unpaired) electrons. The summed E-state index contributed by atoms with van der Waals surface area (Å²) >= 11 is 0. The van der Waals surface area contributed by atoms with Crippen LogP contribution in [0.15, 0.2) is 11.6 Å². The van der Waals surface area contributed by atoms with Gasteiger partial charge < -0.3 is 64.9 Å². The molecule has 4 unspecified atom stereocenters. The van der Waals surface area contributed by atoms with E-state index in [0.29, 0.717) is 32.1 Å². The largest absolute Gasteiger partial charge is 0.394 e. The summed E-state index contributed by atoms with van der Waals surface area (Å²) in [4.78, 5) is 0. The van der Waals surface area contributed by atoms with Crippen molar-refractivity contribution in [2.24, 2.45) is 45.3 Å². The lowest BCUT2D eigenvalue weighted by Gasteiger charge is -2.71. The second-order valence-corrected chi connectivity index (χ2v) is 20.4. The Bertz CT molecular complexity index is 1390. The molecule has 6 fully saturated rings. The third-order valence-corrected chi connectivity index (χ3v) is 16.2. The Hall–Kier alpha value is -0.780. The van der Waals surface area contributed by atoms with Crippen LogP contribution in [0.2, 0.25) is 0 Å². The Labute approximate surface area is 327 Å². The molecular formula is C42H72O13. The Morgan fingerprint density at radius 3 is 2.11 bits per heavy atom. The zero-order valence-electron chi connectivity index (χ0n) is 34.4. The minimum atomic E-state index is -1.67. The maximum absolute atomic E-state index is 12.4. The van der Waals surface area contributed by atoms with Crippen LogP contribution in [-0.4, -0.2) is 138 Å². The smallest absolute Gasteiger partial charge is 0.187 e. The van der Waals surface area contributed by atoms with Crippen molar-refractivity contribution < 1.29 is 64.9 Å². The highest BCUT2D eigenvalue weighted by atomic mass is 16.8. The van der Waals surface area contributed by atoms with Gasteiger partial charge in [0, 0.05) is 0 Å². The summed E-state index contributed by atoms with van der Waals surface area (Å²) in [5, 5.41) is 98.4. The van der Waals surface area contributed by atoms with Gasteiger partial charge in [-0.1, -0.05) is 46.3 Å². The zero-order valence-corrected chi connectivity index (χ0v) is 34.4. The van der Waals surface area contributed by atoms with E-state index in [2.05, 4.69) is 47.6 Å². The van der Waals surface area contributed by atoms with Crippen molar-refractivity contribution in [1.82, 2.24) is 0 Å². The van der Waals surface area contributed by atoms with Crippen LogP contribution in [0.5, 0.6) is 0 Å². The normalized spacial score (nSPS) is 53.0. The Balaban J connectivity index is 1.24. The fourth-order valence-corrected chi connectivity index (χ4v) is 13.2. The lowest BCUT2D eigenvalue weighted by Crippen LogP contribution is -2.70. The Morgan fingerprint density at radius 1 is 0.800 bits per heavy atom. The average Bonchev–Trinajstić information content (AvgIpc) is 3.47. The number of rotatable bonds is 9. The van der Waals surface area contributed by atoms with Crippen molar-refractivity contribution in [3.8, 4) is 0 Å². The molecule has 2 saturated heterocycles. The van der Waals surface area contributed by atoms with E-state index in [4.69, 9.17) is 18.9 Å². The summed E-state index contributed by atoms with van der Waals surface area (Å²) in [5.74, 6) is 0.182. The third-order valence-electron chi connectivity index (χ3n) is 16.2. The fourth-order valence-electron chi connectivity index (χ4n) is 13.2. The van der Waals surface area contributed by atoms with Crippen LogP contribution < -0.4 is 0 Å². The van der Waals surface area contributed by atoms with Crippen LogP contribution in [-0.2, 0) is 18.9 Å². The first-order valence-corrected chi connectivity index (χ1v) is 20.8. The van der Waals surface area contributed by atoms with E-state index in [0.717, 1.165) is 19.3 Å². The molecule has 0 aromatic heterocycles. The number of aliphatic hydroxyl groups excluding tert-OH is 8. The molecule has 9 N–H and O–H groups in total. The fraction of sp³-hybridized carbons (Fsp3) is 0.952. The molecule has 2 aliphatic heterocycles. The second kappa shape index (κ2) is 15.4. The van der Waals surface area contributed by atoms with Gasteiger partial charge in [0.05, 0.1) is 36.6 Å². The molecule has 0 spiro atoms. The van der Waals surface area contributed by atoms with Crippen molar-refractivity contribution in [1.29, 1.82) is 0 Å². The number of ether oxygens (including phenoxy) is 4. The molecular weight excluding hydrogens is 712 g/mol. The lowest BCUT2D eigenvalue weighted by molar-refractivity contribution is -0.378. The van der Waals surface area contributed by atoms with Crippen LogP contribution in [0.4, 0.5) is 0 Å². The summed E-state index contributed by atoms with van der Waals surface area (Å²) in [6.07, 6.45) is -7.80. The average molecular weight is 785 g/mol. The van der Waals surface area contributed by atoms with E-state index < -0.39 is 97.3 Å². The molecule has 20 atom stereocenters. The van der Waals surface area contributed by atoms with Gasteiger partial charge in [0.1, 0.15) is 42.7 Å². The predicted octanol–water partition coefficient (Wildman–Crippen LogP) is 2.15. The summed E-state index contributed by atoms with van der Waals surface area (Å²) < 4.78 is 24.4. The highest BCUT2D eigenvalue weighted by Gasteiger charge is 2.72. The number of hydrogen-bond donors (Lipinski definition) is 9. The van der Waals surface area contributed by atoms with Gasteiger partial charge in [-0.3, -0.25) is 0 Å². The van der Waals surface area contributed by atoms with Gasteiger partial charge in [-0.05, 0) is 124 Å². The molecule has 6 aliphatic rings. The molecule has 4 aliphatic carbocycles. The van der Waals surface area contributed by atoms with Crippen LogP contribution in [0.3, 0.4) is 0 Å². The topological polar surface area (TPSA) is 219 Å². The first-order chi connectivity index (χ1) is 25.4. The maximum Gasteiger partial charge on any atom is 0.187 e. The molecule has 2 heterocycles. The van der Waals surface area contributed by atoms with E-state index >= 15 is 0 Å². The molecule has 0 bridgehead atoms. The van der Waals surface area contributed by atoms with Crippen molar-refractivity contribution in [3.05, 3.63) is 11.6 Å². The second-order valence-electron chi connectivity index (χ2n) is 20.4. The molecule has 0 amide bonds. The molecule has 318 valence electrons.